The number of rotatable bonds is 8. The van der Waals surface area contributed by atoms with Gasteiger partial charge < -0.3 is 24.2 Å². The van der Waals surface area contributed by atoms with Gasteiger partial charge in [-0.25, -0.2) is 0 Å². The summed E-state index contributed by atoms with van der Waals surface area (Å²) in [6, 6.07) is 21.6. The molecule has 11 heteroatoms. The van der Waals surface area contributed by atoms with E-state index < -0.39 is 23.3 Å². The minimum atomic E-state index is -4.82. The monoisotopic (exact) mass is 566 g/mol. The molecule has 0 spiro atoms. The molecule has 8 nitrogen and oxygen atoms in total. The molecule has 1 aromatic heterocycles. The highest BCUT2D eigenvalue weighted by atomic mass is 19.4. The van der Waals surface area contributed by atoms with Crippen molar-refractivity contribution in [3.05, 3.63) is 101 Å². The van der Waals surface area contributed by atoms with Crippen LogP contribution in [0.4, 0.5) is 13.2 Å². The number of carbonyl (C=O) groups excluding carboxylic acids is 1. The molecule has 0 unspecified atom stereocenters. The van der Waals surface area contributed by atoms with Gasteiger partial charge in [-0.15, -0.1) is 13.2 Å². The maximum absolute atomic E-state index is 12.9. The number of aliphatic hydroxyl groups is 1. The van der Waals surface area contributed by atoms with Crippen LogP contribution in [0.3, 0.4) is 0 Å². The Hall–Kier alpha value is -4.22. The zero-order valence-electron chi connectivity index (χ0n) is 22.7. The highest BCUT2D eigenvalue weighted by Crippen LogP contribution is 2.50. The average molecular weight is 567 g/mol. The lowest BCUT2D eigenvalue weighted by atomic mass is 9.62. The molecule has 4 aromatic rings. The van der Waals surface area contributed by atoms with Crippen LogP contribution < -0.4 is 4.74 Å². The molecular weight excluding hydrogens is 537 g/mol. The second-order valence-corrected chi connectivity index (χ2v) is 10.7. The zero-order chi connectivity index (χ0) is 29.4. The first-order valence-electron chi connectivity index (χ1n) is 12.9. The van der Waals surface area contributed by atoms with E-state index in [0.29, 0.717) is 36.3 Å². The minimum absolute atomic E-state index is 0.0930. The van der Waals surface area contributed by atoms with E-state index in [0.717, 1.165) is 5.56 Å². The summed E-state index contributed by atoms with van der Waals surface area (Å²) in [6.07, 6.45) is -4.82. The van der Waals surface area contributed by atoms with Crippen LogP contribution in [0.1, 0.15) is 34.2 Å². The number of likely N-dealkylation sites (tertiary alicyclic amines) is 1. The molecule has 1 fully saturated rings. The van der Waals surface area contributed by atoms with Crippen LogP contribution >= 0.6 is 0 Å². The topological polar surface area (TPSA) is 91.9 Å². The lowest BCUT2D eigenvalue weighted by Crippen LogP contribution is -2.63. The maximum atomic E-state index is 12.9. The quantitative estimate of drug-likeness (QED) is 0.318. The molecule has 5 rings (SSSR count). The molecule has 3 aromatic carbocycles. The van der Waals surface area contributed by atoms with Crippen LogP contribution in [0.25, 0.3) is 11.5 Å². The second-order valence-electron chi connectivity index (χ2n) is 10.7. The molecule has 0 aliphatic carbocycles. The van der Waals surface area contributed by atoms with Gasteiger partial charge in [0, 0.05) is 37.7 Å². The summed E-state index contributed by atoms with van der Waals surface area (Å²) in [7, 11) is 3.57. The Balaban J connectivity index is 1.45. The minimum Gasteiger partial charge on any atom is -0.406 e. The maximum Gasteiger partial charge on any atom is 0.573 e. The van der Waals surface area contributed by atoms with Gasteiger partial charge in [0.15, 0.2) is 0 Å². The van der Waals surface area contributed by atoms with Crippen LogP contribution in [-0.4, -0.2) is 64.5 Å². The number of hydrogen-bond acceptors (Lipinski definition) is 7. The summed E-state index contributed by atoms with van der Waals surface area (Å²) < 4.78 is 47.6. The first-order valence-corrected chi connectivity index (χ1v) is 12.9. The van der Waals surface area contributed by atoms with E-state index in [-0.39, 0.29) is 17.5 Å². The van der Waals surface area contributed by atoms with Crippen LogP contribution in [0.5, 0.6) is 5.75 Å². The Morgan fingerprint density at radius 3 is 2.37 bits per heavy atom. The fourth-order valence-electron chi connectivity index (χ4n) is 5.54. The molecule has 0 radical (unpaired) electrons. The number of halogens is 3. The SMILES string of the molecule is CN1CC(C)([C@@](O)(c2ccc(OC(F)(F)F)cc2)c2cccc(-c3nc(C(=O)N(C)Cc4ccccc4)no3)c2)C1. The van der Waals surface area contributed by atoms with Gasteiger partial charge in [0.05, 0.1) is 0 Å². The van der Waals surface area contributed by atoms with E-state index >= 15 is 0 Å². The van der Waals surface area contributed by atoms with E-state index in [9.17, 15) is 23.1 Å². The molecular formula is C30H29F3N4O4. The first-order chi connectivity index (χ1) is 19.4. The highest BCUT2D eigenvalue weighted by molar-refractivity contribution is 5.90. The normalized spacial score (nSPS) is 16.5. The highest BCUT2D eigenvalue weighted by Gasteiger charge is 2.55. The summed E-state index contributed by atoms with van der Waals surface area (Å²) >= 11 is 0. The standard InChI is InChI=1S/C30H29F3N4O4/c1-28(18-36(2)19-28)29(39,22-12-14-24(15-13-22)40-30(31,32)33)23-11-7-10-21(16-23)26-34-25(35-41-26)27(38)37(3)17-20-8-5-4-6-9-20/h4-16,39H,17-19H2,1-3H3/t29-/m1/s1. The van der Waals surface area contributed by atoms with Crippen molar-refractivity contribution in [2.24, 2.45) is 5.41 Å². The van der Waals surface area contributed by atoms with Crippen molar-refractivity contribution in [2.45, 2.75) is 25.4 Å². The van der Waals surface area contributed by atoms with E-state index in [4.69, 9.17) is 4.52 Å². The van der Waals surface area contributed by atoms with Gasteiger partial charge in [0.1, 0.15) is 11.4 Å². The smallest absolute Gasteiger partial charge is 0.406 e. The van der Waals surface area contributed by atoms with Crippen molar-refractivity contribution in [3.8, 4) is 17.2 Å². The molecule has 0 saturated carbocycles. The Kier molecular flexibility index (Phi) is 7.35. The van der Waals surface area contributed by atoms with Crippen molar-refractivity contribution in [3.63, 3.8) is 0 Å². The number of aromatic nitrogens is 2. The van der Waals surface area contributed by atoms with Crippen LogP contribution in [-0.2, 0) is 12.1 Å². The summed E-state index contributed by atoms with van der Waals surface area (Å²) in [4.78, 5) is 20.8. The van der Waals surface area contributed by atoms with Crippen molar-refractivity contribution in [2.75, 3.05) is 27.2 Å². The van der Waals surface area contributed by atoms with Gasteiger partial charge in [-0.3, -0.25) is 4.79 Å². The number of ether oxygens (including phenoxy) is 1. The number of alkyl halides is 3. The third-order valence-corrected chi connectivity index (χ3v) is 7.37. The van der Waals surface area contributed by atoms with Crippen molar-refractivity contribution >= 4 is 5.91 Å². The van der Waals surface area contributed by atoms with E-state index in [1.165, 1.54) is 29.2 Å². The number of benzene rings is 3. The molecule has 2 heterocycles. The fourth-order valence-corrected chi connectivity index (χ4v) is 5.54. The molecule has 1 amide bonds. The van der Waals surface area contributed by atoms with Crippen LogP contribution in [0.15, 0.2) is 83.4 Å². The van der Waals surface area contributed by atoms with Gasteiger partial charge >= 0.3 is 6.36 Å². The molecule has 214 valence electrons. The summed E-state index contributed by atoms with van der Waals surface area (Å²) in [5, 5.41) is 16.2. The van der Waals surface area contributed by atoms with E-state index in [1.54, 1.807) is 31.3 Å². The molecule has 41 heavy (non-hydrogen) atoms. The zero-order valence-corrected chi connectivity index (χ0v) is 22.7. The fraction of sp³-hybridized carbons (Fsp3) is 0.300. The predicted octanol–water partition coefficient (Wildman–Crippen LogP) is 5.10. The number of carbonyl (C=O) groups is 1. The largest absolute Gasteiger partial charge is 0.573 e. The Labute approximate surface area is 235 Å². The second kappa shape index (κ2) is 10.6. The lowest BCUT2D eigenvalue weighted by Gasteiger charge is -2.56. The van der Waals surface area contributed by atoms with E-state index in [1.807, 2.05) is 49.2 Å². The predicted molar refractivity (Wildman–Crippen MR) is 144 cm³/mol. The summed E-state index contributed by atoms with van der Waals surface area (Å²) in [5.41, 5.74) is 0.0776. The number of amides is 1. The Morgan fingerprint density at radius 2 is 1.73 bits per heavy atom. The van der Waals surface area contributed by atoms with Gasteiger partial charge in [0.25, 0.3) is 17.6 Å². The van der Waals surface area contributed by atoms with Crippen LogP contribution in [0.2, 0.25) is 0 Å². The molecule has 1 saturated heterocycles. The summed E-state index contributed by atoms with van der Waals surface area (Å²) in [6.45, 7) is 3.38. The third kappa shape index (κ3) is 5.68. The first kappa shape index (κ1) is 28.3. The van der Waals surface area contributed by atoms with Crippen molar-refractivity contribution in [1.82, 2.24) is 19.9 Å². The number of nitrogens with zero attached hydrogens (tertiary/aromatic N) is 4. The van der Waals surface area contributed by atoms with Crippen molar-refractivity contribution < 1.29 is 32.3 Å². The lowest BCUT2D eigenvalue weighted by molar-refractivity contribution is -0.274. The van der Waals surface area contributed by atoms with Crippen LogP contribution in [0, 0.1) is 5.41 Å². The molecule has 1 atom stereocenters. The summed E-state index contributed by atoms with van der Waals surface area (Å²) in [5.74, 6) is -0.807. The third-order valence-electron chi connectivity index (χ3n) is 7.37. The van der Waals surface area contributed by atoms with Gasteiger partial charge in [-0.2, -0.15) is 4.98 Å². The van der Waals surface area contributed by atoms with Gasteiger partial charge in [-0.1, -0.05) is 66.7 Å². The van der Waals surface area contributed by atoms with Crippen molar-refractivity contribution in [1.29, 1.82) is 0 Å². The number of hydrogen-bond donors (Lipinski definition) is 1. The average Bonchev–Trinajstić information content (AvgIpc) is 3.42. The molecule has 1 aliphatic heterocycles. The molecule has 1 aliphatic rings. The Morgan fingerprint density at radius 1 is 1.05 bits per heavy atom. The molecule has 1 N–H and O–H groups in total. The van der Waals surface area contributed by atoms with E-state index in [2.05, 4.69) is 14.9 Å². The van der Waals surface area contributed by atoms with Gasteiger partial charge in [0.2, 0.25) is 0 Å². The Bertz CT molecular complexity index is 1520. The van der Waals surface area contributed by atoms with Gasteiger partial charge in [-0.05, 0) is 48.0 Å². The molecule has 0 bridgehead atoms.